The Morgan fingerprint density at radius 2 is 1.44 bits per heavy atom. The van der Waals surface area contributed by atoms with Crippen LogP contribution >= 0.6 is 0 Å². The Labute approximate surface area is 99.6 Å². The first kappa shape index (κ1) is 13.1. The van der Waals surface area contributed by atoms with E-state index >= 15 is 0 Å². The van der Waals surface area contributed by atoms with Gasteiger partial charge in [0.15, 0.2) is 0 Å². The molecule has 90 valence electrons. The number of aliphatic hydroxyl groups is 1. The number of hydrogen-bond donors (Lipinski definition) is 1. The van der Waals surface area contributed by atoms with Gasteiger partial charge >= 0.3 is 0 Å². The number of aliphatic hydroxyl groups excluding tert-OH is 1. The Bertz CT molecular complexity index is 351. The number of rotatable bonds is 0. The average Bonchev–Trinajstić information content (AvgIpc) is 2.04. The lowest BCUT2D eigenvalue weighted by atomic mass is 9.69. The molecule has 0 aromatic heterocycles. The van der Waals surface area contributed by atoms with Gasteiger partial charge in [-0.1, -0.05) is 48.1 Å². The smallest absolute Gasteiger partial charge is 0.115 e. The highest BCUT2D eigenvalue weighted by Gasteiger charge is 2.33. The summed E-state index contributed by atoms with van der Waals surface area (Å²) in [4.78, 5) is 0. The van der Waals surface area contributed by atoms with E-state index in [0.717, 1.165) is 17.6 Å². The van der Waals surface area contributed by atoms with E-state index in [-0.39, 0.29) is 10.8 Å². The summed E-state index contributed by atoms with van der Waals surface area (Å²) in [5.41, 5.74) is 3.39. The summed E-state index contributed by atoms with van der Waals surface area (Å²) in [7, 11) is 0. The van der Waals surface area contributed by atoms with Gasteiger partial charge in [-0.15, -0.1) is 0 Å². The monoisotopic (exact) mass is 220 g/mol. The molecular formula is C15H24O. The highest BCUT2D eigenvalue weighted by atomic mass is 16.3. The van der Waals surface area contributed by atoms with E-state index in [9.17, 15) is 5.11 Å². The normalized spacial score (nSPS) is 18.9. The van der Waals surface area contributed by atoms with E-state index in [1.165, 1.54) is 5.57 Å². The van der Waals surface area contributed by atoms with Crippen LogP contribution in [0.1, 0.15) is 48.0 Å². The van der Waals surface area contributed by atoms with Crippen molar-refractivity contribution in [3.63, 3.8) is 0 Å². The predicted molar refractivity (Wildman–Crippen MR) is 70.4 cm³/mol. The maximum atomic E-state index is 10.1. The van der Waals surface area contributed by atoms with Gasteiger partial charge in [-0.3, -0.25) is 0 Å². The van der Waals surface area contributed by atoms with Gasteiger partial charge in [0.05, 0.1) is 0 Å². The highest BCUT2D eigenvalue weighted by Crippen LogP contribution is 2.45. The van der Waals surface area contributed by atoms with Gasteiger partial charge in [0.2, 0.25) is 0 Å². The third-order valence-corrected chi connectivity index (χ3v) is 2.90. The Morgan fingerprint density at radius 3 is 1.75 bits per heavy atom. The van der Waals surface area contributed by atoms with Crippen molar-refractivity contribution in [1.82, 2.24) is 0 Å². The second-order valence-electron chi connectivity index (χ2n) is 6.65. The molecule has 0 bridgehead atoms. The second kappa shape index (κ2) is 3.80. The van der Waals surface area contributed by atoms with Gasteiger partial charge < -0.3 is 5.11 Å². The minimum Gasteiger partial charge on any atom is -0.508 e. The molecule has 0 atom stereocenters. The van der Waals surface area contributed by atoms with Crippen molar-refractivity contribution >= 4 is 0 Å². The molecule has 1 N–H and O–H groups in total. The van der Waals surface area contributed by atoms with Crippen LogP contribution in [0.4, 0.5) is 0 Å². The molecule has 0 spiro atoms. The molecule has 0 unspecified atom stereocenters. The molecule has 0 radical (unpaired) electrons. The van der Waals surface area contributed by atoms with Crippen molar-refractivity contribution in [3.05, 3.63) is 35.1 Å². The van der Waals surface area contributed by atoms with Crippen LogP contribution in [-0.4, -0.2) is 5.11 Å². The molecule has 0 aromatic rings. The third-order valence-electron chi connectivity index (χ3n) is 2.90. The second-order valence-corrected chi connectivity index (χ2v) is 6.65. The average molecular weight is 220 g/mol. The number of allylic oxidation sites excluding steroid dienone is 4. The lowest BCUT2D eigenvalue weighted by Crippen LogP contribution is -2.24. The SMILES string of the molecule is C=C1CC=C(O)C(C(C)(C)C)=C1C(C)(C)C. The van der Waals surface area contributed by atoms with E-state index in [2.05, 4.69) is 48.1 Å². The van der Waals surface area contributed by atoms with Gasteiger partial charge in [0.25, 0.3) is 0 Å². The first-order valence-corrected chi connectivity index (χ1v) is 5.88. The van der Waals surface area contributed by atoms with Crippen LogP contribution in [-0.2, 0) is 0 Å². The summed E-state index contributed by atoms with van der Waals surface area (Å²) in [6.45, 7) is 17.1. The first-order valence-electron chi connectivity index (χ1n) is 5.88. The lowest BCUT2D eigenvalue weighted by molar-refractivity contribution is 0.358. The zero-order valence-electron chi connectivity index (χ0n) is 11.4. The van der Waals surface area contributed by atoms with E-state index in [0.29, 0.717) is 5.76 Å². The fraction of sp³-hybridized carbons (Fsp3) is 0.600. The van der Waals surface area contributed by atoms with Crippen molar-refractivity contribution in [2.75, 3.05) is 0 Å². The van der Waals surface area contributed by atoms with E-state index in [1.54, 1.807) is 0 Å². The zero-order chi connectivity index (χ0) is 12.7. The van der Waals surface area contributed by atoms with Crippen molar-refractivity contribution in [3.8, 4) is 0 Å². The summed E-state index contributed by atoms with van der Waals surface area (Å²) >= 11 is 0. The largest absolute Gasteiger partial charge is 0.508 e. The van der Waals surface area contributed by atoms with Crippen LogP contribution in [0, 0.1) is 10.8 Å². The molecule has 16 heavy (non-hydrogen) atoms. The molecule has 0 aromatic carbocycles. The quantitative estimate of drug-likeness (QED) is 0.623. The van der Waals surface area contributed by atoms with Crippen molar-refractivity contribution in [2.45, 2.75) is 48.0 Å². The summed E-state index contributed by atoms with van der Waals surface area (Å²) < 4.78 is 0. The van der Waals surface area contributed by atoms with Crippen LogP contribution in [0.15, 0.2) is 35.1 Å². The summed E-state index contributed by atoms with van der Waals surface area (Å²) in [5.74, 6) is 0.435. The number of hydrogen-bond acceptors (Lipinski definition) is 1. The van der Waals surface area contributed by atoms with Gasteiger partial charge in [-0.2, -0.15) is 0 Å². The van der Waals surface area contributed by atoms with Crippen LogP contribution in [0.25, 0.3) is 0 Å². The summed E-state index contributed by atoms with van der Waals surface area (Å²) in [5, 5.41) is 10.1. The van der Waals surface area contributed by atoms with Gasteiger partial charge in [-0.25, -0.2) is 0 Å². The van der Waals surface area contributed by atoms with Crippen LogP contribution in [0.5, 0.6) is 0 Å². The van der Waals surface area contributed by atoms with Crippen LogP contribution < -0.4 is 0 Å². The Hall–Kier alpha value is -0.980. The summed E-state index contributed by atoms with van der Waals surface area (Å²) in [6.07, 6.45) is 2.64. The van der Waals surface area contributed by atoms with Crippen molar-refractivity contribution in [1.29, 1.82) is 0 Å². The van der Waals surface area contributed by atoms with Gasteiger partial charge in [0.1, 0.15) is 5.76 Å². The maximum Gasteiger partial charge on any atom is 0.115 e. The molecule has 1 nitrogen and oxygen atoms in total. The van der Waals surface area contributed by atoms with Crippen molar-refractivity contribution in [2.24, 2.45) is 10.8 Å². The fourth-order valence-electron chi connectivity index (χ4n) is 2.39. The molecule has 0 aliphatic heterocycles. The molecule has 1 rings (SSSR count). The van der Waals surface area contributed by atoms with Crippen molar-refractivity contribution < 1.29 is 5.11 Å². The Kier molecular flexibility index (Phi) is 3.11. The molecule has 0 saturated heterocycles. The topological polar surface area (TPSA) is 20.2 Å². The maximum absolute atomic E-state index is 10.1. The molecule has 0 heterocycles. The first-order chi connectivity index (χ1) is 7.05. The molecule has 0 saturated carbocycles. The predicted octanol–water partition coefficient (Wildman–Crippen LogP) is 4.78. The molecule has 0 fully saturated rings. The lowest BCUT2D eigenvalue weighted by Gasteiger charge is -2.36. The minimum atomic E-state index is -0.0491. The summed E-state index contributed by atoms with van der Waals surface area (Å²) in [6, 6.07) is 0. The minimum absolute atomic E-state index is 0.0297. The highest BCUT2D eigenvalue weighted by molar-refractivity contribution is 5.51. The van der Waals surface area contributed by atoms with Gasteiger partial charge in [0, 0.05) is 5.57 Å². The Morgan fingerprint density at radius 1 is 1.00 bits per heavy atom. The zero-order valence-corrected chi connectivity index (χ0v) is 11.4. The molecule has 0 amide bonds. The van der Waals surface area contributed by atoms with Crippen LogP contribution in [0.3, 0.4) is 0 Å². The molecule has 1 aliphatic carbocycles. The van der Waals surface area contributed by atoms with E-state index < -0.39 is 0 Å². The van der Waals surface area contributed by atoms with E-state index in [1.807, 2.05) is 6.08 Å². The van der Waals surface area contributed by atoms with E-state index in [4.69, 9.17) is 0 Å². The molecule has 1 aliphatic rings. The third kappa shape index (κ3) is 2.40. The van der Waals surface area contributed by atoms with Crippen LogP contribution in [0.2, 0.25) is 0 Å². The molecule has 1 heteroatoms. The standard InChI is InChI=1S/C15H24O/c1-10-8-9-11(16)13(15(5,6)7)12(10)14(2,3)4/h9,16H,1,8H2,2-7H3. The Balaban J connectivity index is 3.50. The fourth-order valence-corrected chi connectivity index (χ4v) is 2.39. The van der Waals surface area contributed by atoms with Gasteiger partial charge in [-0.05, 0) is 34.5 Å². The molecular weight excluding hydrogens is 196 g/mol.